The summed E-state index contributed by atoms with van der Waals surface area (Å²) in [5.74, 6) is -5.32. The minimum absolute atomic E-state index is 0.00539. The fourth-order valence-electron chi connectivity index (χ4n) is 5.90. The Morgan fingerprint density at radius 2 is 1.21 bits per heavy atom. The van der Waals surface area contributed by atoms with Gasteiger partial charge in [-0.15, -0.1) is 0 Å². The minimum atomic E-state index is -6.11. The number of rotatable bonds is 3. The van der Waals surface area contributed by atoms with E-state index in [1.807, 2.05) is 0 Å². The molecule has 0 heterocycles. The Labute approximate surface area is 134 Å². The van der Waals surface area contributed by atoms with Gasteiger partial charge in [0.1, 0.15) is 5.92 Å². The van der Waals surface area contributed by atoms with Crippen LogP contribution in [-0.2, 0) is 4.79 Å². The Morgan fingerprint density at radius 3 is 1.46 bits per heavy atom. The number of hydrogen-bond donors (Lipinski definition) is 2. The van der Waals surface area contributed by atoms with Crippen LogP contribution in [0.2, 0.25) is 0 Å². The summed E-state index contributed by atoms with van der Waals surface area (Å²) in [4.78, 5) is 11.6. The normalized spacial score (nSPS) is 37.5. The second-order valence-corrected chi connectivity index (χ2v) is 7.81. The second kappa shape index (κ2) is 5.02. The van der Waals surface area contributed by atoms with E-state index < -0.39 is 35.3 Å². The van der Waals surface area contributed by atoms with Crippen LogP contribution in [0.3, 0.4) is 0 Å². The van der Waals surface area contributed by atoms with E-state index in [2.05, 4.69) is 0 Å². The van der Waals surface area contributed by atoms with Gasteiger partial charge in [0.15, 0.2) is 0 Å². The minimum Gasteiger partial charge on any atom is -0.481 e. The smallest absolute Gasteiger partial charge is 0.427 e. The lowest BCUT2D eigenvalue weighted by Gasteiger charge is -2.60. The molecule has 1 unspecified atom stereocenters. The summed E-state index contributed by atoms with van der Waals surface area (Å²) in [6.07, 6.45) is -10.0. The molecule has 24 heavy (non-hydrogen) atoms. The number of alkyl halides is 6. The van der Waals surface area contributed by atoms with E-state index in [-0.39, 0.29) is 37.0 Å². The van der Waals surface area contributed by atoms with Crippen molar-refractivity contribution in [2.24, 2.45) is 29.1 Å². The van der Waals surface area contributed by atoms with E-state index in [0.29, 0.717) is 0 Å². The third kappa shape index (κ3) is 2.34. The molecule has 0 radical (unpaired) electrons. The number of aliphatic hydroxyl groups is 1. The monoisotopic (exact) mass is 360 g/mol. The number of carbonyl (C=O) groups is 1. The first-order valence-electron chi connectivity index (χ1n) is 7.89. The van der Waals surface area contributed by atoms with E-state index in [0.717, 1.165) is 19.3 Å². The molecule has 1 atom stereocenters. The highest BCUT2D eigenvalue weighted by Crippen LogP contribution is 2.66. The summed E-state index contributed by atoms with van der Waals surface area (Å²) in [5, 5.41) is 19.1. The van der Waals surface area contributed by atoms with Crippen LogP contribution < -0.4 is 0 Å². The lowest BCUT2D eigenvalue weighted by molar-refractivity contribution is -0.395. The molecule has 0 saturated heterocycles. The molecule has 4 bridgehead atoms. The lowest BCUT2D eigenvalue weighted by atomic mass is 9.44. The first-order chi connectivity index (χ1) is 10.8. The van der Waals surface area contributed by atoms with Crippen molar-refractivity contribution in [1.29, 1.82) is 0 Å². The van der Waals surface area contributed by atoms with E-state index in [1.165, 1.54) is 0 Å². The van der Waals surface area contributed by atoms with Gasteiger partial charge in [-0.05, 0) is 61.7 Å². The number of halogens is 6. The van der Waals surface area contributed by atoms with Gasteiger partial charge in [-0.3, -0.25) is 4.79 Å². The highest BCUT2D eigenvalue weighted by molar-refractivity contribution is 5.73. The summed E-state index contributed by atoms with van der Waals surface area (Å²) in [6.45, 7) is 0. The quantitative estimate of drug-likeness (QED) is 0.754. The largest absolute Gasteiger partial charge is 0.481 e. The summed E-state index contributed by atoms with van der Waals surface area (Å²) in [5.41, 5.74) is -6.89. The van der Waals surface area contributed by atoms with Crippen LogP contribution in [0.25, 0.3) is 0 Å². The molecular weight excluding hydrogens is 342 g/mol. The Balaban J connectivity index is 2.11. The van der Waals surface area contributed by atoms with Crippen molar-refractivity contribution < 1.29 is 41.4 Å². The highest BCUT2D eigenvalue weighted by Gasteiger charge is 2.79. The molecule has 2 N–H and O–H groups in total. The molecular formula is C15H18F6O3. The van der Waals surface area contributed by atoms with Crippen LogP contribution in [0, 0.1) is 29.1 Å². The zero-order chi connectivity index (χ0) is 18.1. The molecule has 0 aliphatic heterocycles. The molecule has 0 amide bonds. The van der Waals surface area contributed by atoms with Crippen molar-refractivity contribution in [2.75, 3.05) is 0 Å². The number of aliphatic carboxylic acids is 1. The van der Waals surface area contributed by atoms with Crippen molar-refractivity contribution in [1.82, 2.24) is 0 Å². The molecule has 4 aliphatic rings. The number of carboxylic acids is 1. The third-order valence-electron chi connectivity index (χ3n) is 6.23. The Hall–Kier alpha value is -0.990. The zero-order valence-electron chi connectivity index (χ0n) is 12.6. The Kier molecular flexibility index (Phi) is 3.72. The molecule has 4 saturated carbocycles. The van der Waals surface area contributed by atoms with E-state index in [9.17, 15) is 41.4 Å². The van der Waals surface area contributed by atoms with Crippen molar-refractivity contribution >= 4 is 5.97 Å². The van der Waals surface area contributed by atoms with Crippen molar-refractivity contribution in [2.45, 2.75) is 56.5 Å². The highest BCUT2D eigenvalue weighted by atomic mass is 19.4. The van der Waals surface area contributed by atoms with E-state index in [1.54, 1.807) is 0 Å². The maximum atomic E-state index is 13.3. The topological polar surface area (TPSA) is 57.5 Å². The van der Waals surface area contributed by atoms with Crippen LogP contribution in [-0.4, -0.2) is 34.1 Å². The van der Waals surface area contributed by atoms with Gasteiger partial charge in [0.05, 0.1) is 0 Å². The fraction of sp³-hybridized carbons (Fsp3) is 0.933. The van der Waals surface area contributed by atoms with Crippen molar-refractivity contribution in [3.8, 4) is 0 Å². The van der Waals surface area contributed by atoms with Crippen LogP contribution >= 0.6 is 0 Å². The molecule has 9 heteroatoms. The van der Waals surface area contributed by atoms with E-state index in [4.69, 9.17) is 0 Å². The maximum Gasteiger partial charge on any atom is 0.427 e. The lowest BCUT2D eigenvalue weighted by Crippen LogP contribution is -2.69. The van der Waals surface area contributed by atoms with E-state index >= 15 is 0 Å². The van der Waals surface area contributed by atoms with Gasteiger partial charge in [-0.2, -0.15) is 26.3 Å². The van der Waals surface area contributed by atoms with Crippen LogP contribution in [0.4, 0.5) is 26.3 Å². The summed E-state index contributed by atoms with van der Waals surface area (Å²) < 4.78 is 79.6. The molecule has 4 rings (SSSR count). The molecule has 4 aliphatic carbocycles. The summed E-state index contributed by atoms with van der Waals surface area (Å²) >= 11 is 0. The second-order valence-electron chi connectivity index (χ2n) is 7.81. The number of hydrogen-bond acceptors (Lipinski definition) is 2. The summed E-state index contributed by atoms with van der Waals surface area (Å²) in [7, 11) is 0. The van der Waals surface area contributed by atoms with Crippen LogP contribution in [0.15, 0.2) is 0 Å². The molecule has 0 aromatic rings. The van der Waals surface area contributed by atoms with Crippen molar-refractivity contribution in [3.63, 3.8) is 0 Å². The van der Waals surface area contributed by atoms with Gasteiger partial charge in [0.25, 0.3) is 5.60 Å². The molecule has 0 aromatic heterocycles. The average Bonchev–Trinajstić information content (AvgIpc) is 2.32. The van der Waals surface area contributed by atoms with Crippen LogP contribution in [0.5, 0.6) is 0 Å². The molecule has 138 valence electrons. The zero-order valence-corrected chi connectivity index (χ0v) is 12.6. The molecule has 3 nitrogen and oxygen atoms in total. The average molecular weight is 360 g/mol. The Bertz CT molecular complexity index is 489. The molecule has 4 fully saturated rings. The van der Waals surface area contributed by atoms with Gasteiger partial charge in [-0.1, -0.05) is 0 Å². The first kappa shape index (κ1) is 17.8. The maximum absolute atomic E-state index is 13.3. The SMILES string of the molecule is O=C(O)C(C12CC3CC(CC(C3)C1)C2)C(O)(C(F)(F)F)C(F)(F)F. The Morgan fingerprint density at radius 1 is 0.875 bits per heavy atom. The van der Waals surface area contributed by atoms with Crippen LogP contribution in [0.1, 0.15) is 38.5 Å². The summed E-state index contributed by atoms with van der Waals surface area (Å²) in [6, 6.07) is 0. The van der Waals surface area contributed by atoms with Gasteiger partial charge in [-0.25, -0.2) is 0 Å². The fourth-order valence-corrected chi connectivity index (χ4v) is 5.90. The van der Waals surface area contributed by atoms with Gasteiger partial charge in [0, 0.05) is 0 Å². The standard InChI is InChI=1S/C15H18F6O3/c16-14(17,18)13(24,15(19,20)21)10(11(22)23)12-4-7-1-8(5-12)3-9(2-7)6-12/h7-10,24H,1-6H2,(H,22,23). The van der Waals surface area contributed by atoms with Gasteiger partial charge in [0.2, 0.25) is 0 Å². The predicted molar refractivity (Wildman–Crippen MR) is 68.8 cm³/mol. The van der Waals surface area contributed by atoms with Crippen molar-refractivity contribution in [3.05, 3.63) is 0 Å². The number of carboxylic acid groups (broad SMARTS) is 1. The first-order valence-corrected chi connectivity index (χ1v) is 7.89. The molecule has 0 aromatic carbocycles. The van der Waals surface area contributed by atoms with Gasteiger partial charge < -0.3 is 10.2 Å². The third-order valence-corrected chi connectivity index (χ3v) is 6.23. The van der Waals surface area contributed by atoms with Gasteiger partial charge >= 0.3 is 18.3 Å². The molecule has 0 spiro atoms. The predicted octanol–water partition coefficient (Wildman–Crippen LogP) is 3.76.